The highest BCUT2D eigenvalue weighted by Crippen LogP contribution is 2.20. The molecule has 0 aromatic heterocycles. The summed E-state index contributed by atoms with van der Waals surface area (Å²) in [5, 5.41) is -0.368. The monoisotopic (exact) mass is 203 g/mol. The summed E-state index contributed by atoms with van der Waals surface area (Å²) >= 11 is 5.79. The Labute approximate surface area is 85.2 Å². The lowest BCUT2D eigenvalue weighted by Crippen LogP contribution is -2.46. The molecule has 2 atom stereocenters. The zero-order valence-electron chi connectivity index (χ0n) is 8.42. The number of likely N-dealkylation sites (tertiary alicyclic amines) is 1. The number of piperidine rings is 1. The summed E-state index contributed by atoms with van der Waals surface area (Å²) in [7, 11) is 0. The molecule has 1 aliphatic heterocycles. The van der Waals surface area contributed by atoms with E-state index in [4.69, 9.17) is 11.6 Å². The van der Waals surface area contributed by atoms with Gasteiger partial charge in [0.15, 0.2) is 0 Å². The Morgan fingerprint density at radius 3 is 2.85 bits per heavy atom. The molecule has 0 radical (unpaired) electrons. The second kappa shape index (κ2) is 4.85. The highest BCUT2D eigenvalue weighted by atomic mass is 35.5. The molecule has 0 saturated carbocycles. The lowest BCUT2D eigenvalue weighted by atomic mass is 10.00. The van der Waals surface area contributed by atoms with Crippen LogP contribution < -0.4 is 0 Å². The van der Waals surface area contributed by atoms with E-state index in [1.165, 1.54) is 6.42 Å². The molecule has 13 heavy (non-hydrogen) atoms. The molecule has 1 aliphatic rings. The van der Waals surface area contributed by atoms with Gasteiger partial charge in [0.25, 0.3) is 0 Å². The van der Waals surface area contributed by atoms with Crippen molar-refractivity contribution in [3.8, 4) is 0 Å². The standard InChI is InChI=1S/C10H18ClNO/c1-3-9-6-4-5-7-12(9)10(13)8(2)11/h8-9H,3-7H2,1-2H3/t8-,9+/m1/s1. The first-order valence-electron chi connectivity index (χ1n) is 5.11. The van der Waals surface area contributed by atoms with Crippen LogP contribution >= 0.6 is 11.6 Å². The molecule has 0 bridgehead atoms. The molecule has 1 saturated heterocycles. The molecule has 1 fully saturated rings. The first-order chi connectivity index (χ1) is 6.16. The van der Waals surface area contributed by atoms with Crippen LogP contribution in [-0.4, -0.2) is 28.8 Å². The fourth-order valence-corrected chi connectivity index (χ4v) is 2.07. The lowest BCUT2D eigenvalue weighted by Gasteiger charge is -2.36. The molecular weight excluding hydrogens is 186 g/mol. The van der Waals surface area contributed by atoms with Gasteiger partial charge in [-0.1, -0.05) is 6.92 Å². The molecule has 0 spiro atoms. The van der Waals surface area contributed by atoms with E-state index in [2.05, 4.69) is 6.92 Å². The largest absolute Gasteiger partial charge is 0.338 e. The fraction of sp³-hybridized carbons (Fsp3) is 0.900. The Bertz CT molecular complexity index is 182. The molecule has 1 heterocycles. The molecule has 0 unspecified atom stereocenters. The number of carbonyl (C=O) groups is 1. The van der Waals surface area contributed by atoms with Crippen LogP contribution in [-0.2, 0) is 4.79 Å². The van der Waals surface area contributed by atoms with Gasteiger partial charge in [-0.3, -0.25) is 4.79 Å². The molecule has 0 aromatic carbocycles. The fourth-order valence-electron chi connectivity index (χ4n) is 1.94. The van der Waals surface area contributed by atoms with Crippen molar-refractivity contribution in [1.29, 1.82) is 0 Å². The molecule has 2 nitrogen and oxygen atoms in total. The molecule has 1 amide bonds. The zero-order valence-corrected chi connectivity index (χ0v) is 9.18. The van der Waals surface area contributed by atoms with Crippen LogP contribution in [0.1, 0.15) is 39.5 Å². The van der Waals surface area contributed by atoms with Gasteiger partial charge in [-0.15, -0.1) is 11.6 Å². The minimum Gasteiger partial charge on any atom is -0.338 e. The summed E-state index contributed by atoms with van der Waals surface area (Å²) in [5.41, 5.74) is 0. The Hall–Kier alpha value is -0.240. The summed E-state index contributed by atoms with van der Waals surface area (Å²) in [6, 6.07) is 0.433. The van der Waals surface area contributed by atoms with Crippen molar-refractivity contribution in [3.63, 3.8) is 0 Å². The number of carbonyl (C=O) groups excluding carboxylic acids is 1. The van der Waals surface area contributed by atoms with Crippen LogP contribution in [0.4, 0.5) is 0 Å². The summed E-state index contributed by atoms with van der Waals surface area (Å²) in [6.07, 6.45) is 4.58. The van der Waals surface area contributed by atoms with E-state index in [1.54, 1.807) is 6.92 Å². The van der Waals surface area contributed by atoms with Crippen LogP contribution in [0.15, 0.2) is 0 Å². The van der Waals surface area contributed by atoms with Gasteiger partial charge in [-0.25, -0.2) is 0 Å². The Morgan fingerprint density at radius 1 is 1.62 bits per heavy atom. The van der Waals surface area contributed by atoms with Crippen molar-refractivity contribution in [2.45, 2.75) is 50.9 Å². The SMILES string of the molecule is CC[C@H]1CCCCN1C(=O)[C@@H](C)Cl. The normalized spacial score (nSPS) is 25.8. The van der Waals surface area contributed by atoms with Crippen molar-refractivity contribution in [2.75, 3.05) is 6.54 Å². The maximum absolute atomic E-state index is 11.7. The molecule has 76 valence electrons. The number of rotatable bonds is 2. The number of nitrogens with zero attached hydrogens (tertiary/aromatic N) is 1. The predicted octanol–water partition coefficient (Wildman–Crippen LogP) is 2.40. The number of alkyl halides is 1. The van der Waals surface area contributed by atoms with E-state index in [9.17, 15) is 4.79 Å². The van der Waals surface area contributed by atoms with Gasteiger partial charge in [0.1, 0.15) is 5.38 Å². The maximum Gasteiger partial charge on any atom is 0.240 e. The highest BCUT2D eigenvalue weighted by molar-refractivity contribution is 6.30. The highest BCUT2D eigenvalue weighted by Gasteiger charge is 2.27. The summed E-state index contributed by atoms with van der Waals surface area (Å²) in [5.74, 6) is 0.105. The number of hydrogen-bond donors (Lipinski definition) is 0. The van der Waals surface area contributed by atoms with E-state index in [1.807, 2.05) is 4.90 Å². The first-order valence-corrected chi connectivity index (χ1v) is 5.55. The van der Waals surface area contributed by atoms with E-state index in [0.29, 0.717) is 6.04 Å². The van der Waals surface area contributed by atoms with Crippen molar-refractivity contribution < 1.29 is 4.79 Å². The minimum atomic E-state index is -0.368. The lowest BCUT2D eigenvalue weighted by molar-refractivity contribution is -0.134. The summed E-state index contributed by atoms with van der Waals surface area (Å²) in [4.78, 5) is 13.6. The van der Waals surface area contributed by atoms with E-state index in [0.717, 1.165) is 25.8 Å². The van der Waals surface area contributed by atoms with Crippen LogP contribution in [0.3, 0.4) is 0 Å². The number of hydrogen-bond acceptors (Lipinski definition) is 1. The average molecular weight is 204 g/mol. The summed E-state index contributed by atoms with van der Waals surface area (Å²) in [6.45, 7) is 4.79. The first kappa shape index (κ1) is 10.8. The Morgan fingerprint density at radius 2 is 2.31 bits per heavy atom. The van der Waals surface area contributed by atoms with Gasteiger partial charge >= 0.3 is 0 Å². The van der Waals surface area contributed by atoms with Crippen LogP contribution in [0.2, 0.25) is 0 Å². The minimum absolute atomic E-state index is 0.105. The van der Waals surface area contributed by atoms with Crippen molar-refractivity contribution in [2.24, 2.45) is 0 Å². The Balaban J connectivity index is 2.58. The molecule has 0 aliphatic carbocycles. The maximum atomic E-state index is 11.7. The van der Waals surface area contributed by atoms with Gasteiger partial charge in [0.2, 0.25) is 5.91 Å². The van der Waals surface area contributed by atoms with Crippen LogP contribution in [0.5, 0.6) is 0 Å². The summed E-state index contributed by atoms with van der Waals surface area (Å²) < 4.78 is 0. The van der Waals surface area contributed by atoms with Gasteiger partial charge in [0, 0.05) is 12.6 Å². The topological polar surface area (TPSA) is 20.3 Å². The second-order valence-corrected chi connectivity index (χ2v) is 4.36. The smallest absolute Gasteiger partial charge is 0.240 e. The third kappa shape index (κ3) is 2.60. The second-order valence-electron chi connectivity index (χ2n) is 3.71. The van der Waals surface area contributed by atoms with E-state index in [-0.39, 0.29) is 11.3 Å². The van der Waals surface area contributed by atoms with Crippen molar-refractivity contribution >= 4 is 17.5 Å². The average Bonchev–Trinajstić information content (AvgIpc) is 2.16. The molecule has 1 rings (SSSR count). The quantitative estimate of drug-likeness (QED) is 0.632. The van der Waals surface area contributed by atoms with E-state index < -0.39 is 0 Å². The third-order valence-corrected chi connectivity index (χ3v) is 2.91. The van der Waals surface area contributed by atoms with Gasteiger partial charge in [-0.2, -0.15) is 0 Å². The molecule has 0 aromatic rings. The third-order valence-electron chi connectivity index (χ3n) is 2.72. The van der Waals surface area contributed by atoms with Crippen LogP contribution in [0.25, 0.3) is 0 Å². The molecule has 0 N–H and O–H groups in total. The van der Waals surface area contributed by atoms with Crippen molar-refractivity contribution in [3.05, 3.63) is 0 Å². The van der Waals surface area contributed by atoms with Crippen molar-refractivity contribution in [1.82, 2.24) is 4.90 Å². The molecule has 3 heteroatoms. The zero-order chi connectivity index (χ0) is 9.84. The van der Waals surface area contributed by atoms with Crippen LogP contribution in [0, 0.1) is 0 Å². The Kier molecular flexibility index (Phi) is 4.04. The molecular formula is C10H18ClNO. The van der Waals surface area contributed by atoms with Gasteiger partial charge in [-0.05, 0) is 32.6 Å². The van der Waals surface area contributed by atoms with Gasteiger partial charge < -0.3 is 4.90 Å². The van der Waals surface area contributed by atoms with E-state index >= 15 is 0 Å². The predicted molar refractivity (Wildman–Crippen MR) is 55.0 cm³/mol. The number of halogens is 1. The van der Waals surface area contributed by atoms with Gasteiger partial charge in [0.05, 0.1) is 0 Å². The number of amides is 1.